The van der Waals surface area contributed by atoms with Gasteiger partial charge in [-0.3, -0.25) is 0 Å². The van der Waals surface area contributed by atoms with E-state index in [1.165, 1.54) is 0 Å². The van der Waals surface area contributed by atoms with Crippen LogP contribution in [0, 0.1) is 0 Å². The average molecular weight is 332 g/mol. The third-order valence-corrected chi connectivity index (χ3v) is 3.97. The first-order chi connectivity index (χ1) is 12.3. The van der Waals surface area contributed by atoms with Crippen molar-refractivity contribution < 1.29 is 9.47 Å². The summed E-state index contributed by atoms with van der Waals surface area (Å²) in [6.45, 7) is 0. The molecular formula is C19H16N4O2. The van der Waals surface area contributed by atoms with Crippen LogP contribution in [0.2, 0.25) is 0 Å². The standard InChI is InChI=1S/C19H16N4O2/c1-24-16-10-8-14(12-17(16)25-2)19-21-20-18-11-9-15(22-23(18)19)13-6-4-3-5-7-13/h3-12H,1-2H3. The van der Waals surface area contributed by atoms with Crippen LogP contribution in [0.5, 0.6) is 11.5 Å². The Kier molecular flexibility index (Phi) is 3.78. The number of hydrogen-bond donors (Lipinski definition) is 0. The van der Waals surface area contributed by atoms with Gasteiger partial charge in [-0.25, -0.2) is 0 Å². The number of nitrogens with zero attached hydrogens (tertiary/aromatic N) is 4. The average Bonchev–Trinajstić information content (AvgIpc) is 3.11. The second-order valence-electron chi connectivity index (χ2n) is 5.45. The number of ether oxygens (including phenoxy) is 2. The smallest absolute Gasteiger partial charge is 0.185 e. The van der Waals surface area contributed by atoms with E-state index in [1.54, 1.807) is 18.7 Å². The van der Waals surface area contributed by atoms with Crippen LogP contribution in [-0.2, 0) is 0 Å². The van der Waals surface area contributed by atoms with E-state index < -0.39 is 0 Å². The van der Waals surface area contributed by atoms with Gasteiger partial charge in [0.05, 0.1) is 19.9 Å². The zero-order valence-corrected chi connectivity index (χ0v) is 13.9. The molecule has 2 aromatic heterocycles. The minimum Gasteiger partial charge on any atom is -0.493 e. The Hall–Kier alpha value is -3.41. The van der Waals surface area contributed by atoms with Crippen molar-refractivity contribution in [1.29, 1.82) is 0 Å². The molecule has 0 unspecified atom stereocenters. The second-order valence-corrected chi connectivity index (χ2v) is 5.45. The number of rotatable bonds is 4. The molecule has 4 rings (SSSR count). The lowest BCUT2D eigenvalue weighted by Gasteiger charge is -2.09. The normalized spacial score (nSPS) is 10.8. The molecule has 124 valence electrons. The molecule has 0 atom stereocenters. The van der Waals surface area contributed by atoms with Crippen LogP contribution in [0.4, 0.5) is 0 Å². The van der Waals surface area contributed by atoms with E-state index in [1.807, 2.05) is 60.7 Å². The molecule has 6 nitrogen and oxygen atoms in total. The van der Waals surface area contributed by atoms with Crippen LogP contribution in [0.1, 0.15) is 0 Å². The zero-order valence-electron chi connectivity index (χ0n) is 13.9. The van der Waals surface area contributed by atoms with Gasteiger partial charge in [0.2, 0.25) is 0 Å². The Morgan fingerprint density at radius 1 is 0.760 bits per heavy atom. The highest BCUT2D eigenvalue weighted by Crippen LogP contribution is 2.31. The van der Waals surface area contributed by atoms with Gasteiger partial charge in [0.25, 0.3) is 0 Å². The summed E-state index contributed by atoms with van der Waals surface area (Å²) in [5, 5.41) is 13.2. The van der Waals surface area contributed by atoms with Crippen molar-refractivity contribution >= 4 is 5.65 Å². The lowest BCUT2D eigenvalue weighted by molar-refractivity contribution is 0.355. The van der Waals surface area contributed by atoms with Crippen LogP contribution in [0.15, 0.2) is 60.7 Å². The van der Waals surface area contributed by atoms with E-state index in [9.17, 15) is 0 Å². The lowest BCUT2D eigenvalue weighted by Crippen LogP contribution is -1.98. The number of benzene rings is 2. The molecule has 2 aromatic carbocycles. The summed E-state index contributed by atoms with van der Waals surface area (Å²) in [6.07, 6.45) is 0. The second kappa shape index (κ2) is 6.24. The van der Waals surface area contributed by atoms with Gasteiger partial charge in [0.15, 0.2) is 23.0 Å². The largest absolute Gasteiger partial charge is 0.493 e. The highest BCUT2D eigenvalue weighted by Gasteiger charge is 2.13. The molecule has 0 aliphatic heterocycles. The fraction of sp³-hybridized carbons (Fsp3) is 0.105. The van der Waals surface area contributed by atoms with Crippen LogP contribution in [0.3, 0.4) is 0 Å². The van der Waals surface area contributed by atoms with Crippen molar-refractivity contribution in [1.82, 2.24) is 19.8 Å². The summed E-state index contributed by atoms with van der Waals surface area (Å²) in [4.78, 5) is 0. The highest BCUT2D eigenvalue weighted by molar-refractivity contribution is 5.65. The van der Waals surface area contributed by atoms with Gasteiger partial charge < -0.3 is 9.47 Å². The van der Waals surface area contributed by atoms with Crippen molar-refractivity contribution in [3.8, 4) is 34.1 Å². The predicted molar refractivity (Wildman–Crippen MR) is 94.8 cm³/mol. The molecule has 0 amide bonds. The zero-order chi connectivity index (χ0) is 17.2. The van der Waals surface area contributed by atoms with Gasteiger partial charge in [0, 0.05) is 11.1 Å². The van der Waals surface area contributed by atoms with E-state index in [4.69, 9.17) is 14.6 Å². The summed E-state index contributed by atoms with van der Waals surface area (Å²) in [5.74, 6) is 1.95. The van der Waals surface area contributed by atoms with E-state index >= 15 is 0 Å². The molecule has 0 radical (unpaired) electrons. The van der Waals surface area contributed by atoms with E-state index in [-0.39, 0.29) is 0 Å². The molecule has 2 heterocycles. The Balaban J connectivity index is 1.85. The minimum absolute atomic E-state index is 0.635. The van der Waals surface area contributed by atoms with Crippen molar-refractivity contribution in [3.05, 3.63) is 60.7 Å². The van der Waals surface area contributed by atoms with Crippen LogP contribution in [0.25, 0.3) is 28.3 Å². The molecular weight excluding hydrogens is 316 g/mol. The van der Waals surface area contributed by atoms with E-state index in [0.717, 1.165) is 16.8 Å². The van der Waals surface area contributed by atoms with Crippen LogP contribution in [-0.4, -0.2) is 34.0 Å². The summed E-state index contributed by atoms with van der Waals surface area (Å²) >= 11 is 0. The fourth-order valence-corrected chi connectivity index (χ4v) is 2.71. The van der Waals surface area contributed by atoms with Crippen molar-refractivity contribution in [2.75, 3.05) is 14.2 Å². The van der Waals surface area contributed by atoms with Gasteiger partial charge in [0.1, 0.15) is 0 Å². The quantitative estimate of drug-likeness (QED) is 0.572. The predicted octanol–water partition coefficient (Wildman–Crippen LogP) is 3.48. The molecule has 0 fully saturated rings. The third-order valence-electron chi connectivity index (χ3n) is 3.97. The Bertz CT molecular complexity index is 1030. The molecule has 6 heteroatoms. The maximum atomic E-state index is 5.38. The first-order valence-corrected chi connectivity index (χ1v) is 7.80. The van der Waals surface area contributed by atoms with E-state index in [2.05, 4.69) is 10.2 Å². The molecule has 0 saturated heterocycles. The molecule has 0 spiro atoms. The Labute approximate surface area is 144 Å². The lowest BCUT2D eigenvalue weighted by atomic mass is 10.1. The van der Waals surface area contributed by atoms with Gasteiger partial charge in [-0.15, -0.1) is 10.2 Å². The van der Waals surface area contributed by atoms with Crippen LogP contribution < -0.4 is 9.47 Å². The molecule has 0 saturated carbocycles. The molecule has 4 aromatic rings. The maximum Gasteiger partial charge on any atom is 0.185 e. The van der Waals surface area contributed by atoms with Crippen LogP contribution >= 0.6 is 0 Å². The molecule has 0 aliphatic carbocycles. The van der Waals surface area contributed by atoms with Crippen molar-refractivity contribution in [2.45, 2.75) is 0 Å². The molecule has 0 bridgehead atoms. The van der Waals surface area contributed by atoms with Crippen molar-refractivity contribution in [2.24, 2.45) is 0 Å². The summed E-state index contributed by atoms with van der Waals surface area (Å²) < 4.78 is 12.4. The fourth-order valence-electron chi connectivity index (χ4n) is 2.71. The number of hydrogen-bond acceptors (Lipinski definition) is 5. The summed E-state index contributed by atoms with van der Waals surface area (Å²) in [5.41, 5.74) is 3.43. The SMILES string of the molecule is COc1ccc(-c2nnc3ccc(-c4ccccc4)nn23)cc1OC. The highest BCUT2D eigenvalue weighted by atomic mass is 16.5. The Morgan fingerprint density at radius 2 is 1.56 bits per heavy atom. The van der Waals surface area contributed by atoms with Gasteiger partial charge in [-0.1, -0.05) is 30.3 Å². The topological polar surface area (TPSA) is 61.5 Å². The summed E-state index contributed by atoms with van der Waals surface area (Å²) in [6, 6.07) is 19.5. The summed E-state index contributed by atoms with van der Waals surface area (Å²) in [7, 11) is 3.22. The first kappa shape index (κ1) is 15.1. The third kappa shape index (κ3) is 2.67. The van der Waals surface area contributed by atoms with E-state index in [0.29, 0.717) is 23.0 Å². The van der Waals surface area contributed by atoms with Crippen molar-refractivity contribution in [3.63, 3.8) is 0 Å². The van der Waals surface area contributed by atoms with Gasteiger partial charge in [-0.2, -0.15) is 9.61 Å². The Morgan fingerprint density at radius 3 is 2.32 bits per heavy atom. The molecule has 25 heavy (non-hydrogen) atoms. The monoisotopic (exact) mass is 332 g/mol. The first-order valence-electron chi connectivity index (χ1n) is 7.80. The number of methoxy groups -OCH3 is 2. The number of aromatic nitrogens is 4. The maximum absolute atomic E-state index is 5.38. The molecule has 0 N–H and O–H groups in total. The molecule has 0 aliphatic rings. The van der Waals surface area contributed by atoms with Gasteiger partial charge >= 0.3 is 0 Å². The number of fused-ring (bicyclic) bond motifs is 1. The van der Waals surface area contributed by atoms with Gasteiger partial charge in [-0.05, 0) is 30.3 Å². The minimum atomic E-state index is 0.635.